The van der Waals surface area contributed by atoms with E-state index < -0.39 is 12.1 Å². The Morgan fingerprint density at radius 2 is 2.08 bits per heavy atom. The maximum Gasteiger partial charge on any atom is 0.344 e. The monoisotopic (exact) mass is 347 g/mol. The van der Waals surface area contributed by atoms with Crippen molar-refractivity contribution >= 4 is 29.5 Å². The van der Waals surface area contributed by atoms with Crippen molar-refractivity contribution in [3.63, 3.8) is 0 Å². The van der Waals surface area contributed by atoms with Crippen molar-refractivity contribution in [1.82, 2.24) is 0 Å². The molecule has 1 atom stereocenters. The molecule has 0 unspecified atom stereocenters. The van der Waals surface area contributed by atoms with Crippen molar-refractivity contribution in [2.45, 2.75) is 20.0 Å². The average molecular weight is 348 g/mol. The van der Waals surface area contributed by atoms with E-state index in [1.165, 1.54) is 14.0 Å². The van der Waals surface area contributed by atoms with Crippen LogP contribution in [0.4, 0.5) is 5.69 Å². The first-order valence-corrected chi connectivity index (χ1v) is 7.67. The van der Waals surface area contributed by atoms with Crippen molar-refractivity contribution in [2.75, 3.05) is 7.11 Å². The van der Waals surface area contributed by atoms with E-state index in [2.05, 4.69) is 4.99 Å². The van der Waals surface area contributed by atoms with Crippen LogP contribution in [0.5, 0.6) is 11.5 Å². The number of methoxy groups -OCH3 is 1. The molecule has 0 heterocycles. The van der Waals surface area contributed by atoms with Crippen LogP contribution in [0.15, 0.2) is 41.4 Å². The van der Waals surface area contributed by atoms with E-state index >= 15 is 0 Å². The highest BCUT2D eigenvalue weighted by atomic mass is 35.5. The zero-order valence-electron chi connectivity index (χ0n) is 13.6. The van der Waals surface area contributed by atoms with Gasteiger partial charge in [-0.1, -0.05) is 23.7 Å². The number of ether oxygens (including phenoxy) is 2. The van der Waals surface area contributed by atoms with Gasteiger partial charge in [0.2, 0.25) is 0 Å². The molecule has 24 heavy (non-hydrogen) atoms. The molecule has 0 aromatic heterocycles. The molecule has 2 aromatic rings. The maximum absolute atomic E-state index is 11.1. The van der Waals surface area contributed by atoms with E-state index in [0.717, 1.165) is 11.3 Å². The number of nitrogens with zero attached hydrogens (tertiary/aromatic N) is 1. The van der Waals surface area contributed by atoms with E-state index in [9.17, 15) is 4.79 Å². The van der Waals surface area contributed by atoms with E-state index in [4.69, 9.17) is 26.2 Å². The van der Waals surface area contributed by atoms with Gasteiger partial charge >= 0.3 is 5.97 Å². The van der Waals surface area contributed by atoms with Crippen LogP contribution >= 0.6 is 11.6 Å². The van der Waals surface area contributed by atoms with Gasteiger partial charge in [0, 0.05) is 16.8 Å². The number of aliphatic carboxylic acids is 1. The summed E-state index contributed by atoms with van der Waals surface area (Å²) in [5, 5.41) is 9.65. The minimum Gasteiger partial charge on any atom is -0.493 e. The molecule has 0 radical (unpaired) electrons. The van der Waals surface area contributed by atoms with Crippen molar-refractivity contribution in [3.8, 4) is 11.5 Å². The van der Waals surface area contributed by atoms with Gasteiger partial charge < -0.3 is 14.6 Å². The number of rotatable bonds is 6. The molecular weight excluding hydrogens is 330 g/mol. The van der Waals surface area contributed by atoms with E-state index in [1.807, 2.05) is 13.0 Å². The largest absolute Gasteiger partial charge is 0.493 e. The van der Waals surface area contributed by atoms with Gasteiger partial charge in [-0.2, -0.15) is 0 Å². The summed E-state index contributed by atoms with van der Waals surface area (Å²) in [5.74, 6) is -0.289. The quantitative estimate of drug-likeness (QED) is 0.793. The second kappa shape index (κ2) is 7.84. The highest BCUT2D eigenvalue weighted by Gasteiger charge is 2.17. The fourth-order valence-corrected chi connectivity index (χ4v) is 2.18. The highest BCUT2D eigenvalue weighted by molar-refractivity contribution is 6.30. The summed E-state index contributed by atoms with van der Waals surface area (Å²) in [5.41, 5.74) is 2.31. The first-order chi connectivity index (χ1) is 11.4. The van der Waals surface area contributed by atoms with E-state index in [0.29, 0.717) is 22.1 Å². The summed E-state index contributed by atoms with van der Waals surface area (Å²) in [6.45, 7) is 3.38. The van der Waals surface area contributed by atoms with Gasteiger partial charge in [-0.05, 0) is 43.7 Å². The van der Waals surface area contributed by atoms with Crippen LogP contribution in [0.3, 0.4) is 0 Å². The summed E-state index contributed by atoms with van der Waals surface area (Å²) < 4.78 is 10.8. The van der Waals surface area contributed by atoms with Crippen molar-refractivity contribution in [3.05, 3.63) is 52.5 Å². The molecule has 0 fully saturated rings. The summed E-state index contributed by atoms with van der Waals surface area (Å²) in [6.07, 6.45) is 0.590. The Hall–Kier alpha value is -2.53. The van der Waals surface area contributed by atoms with Crippen molar-refractivity contribution in [1.29, 1.82) is 0 Å². The first kappa shape index (κ1) is 17.8. The predicted molar refractivity (Wildman–Crippen MR) is 94.2 cm³/mol. The third-order valence-corrected chi connectivity index (χ3v) is 3.62. The number of halogens is 1. The lowest BCUT2D eigenvalue weighted by atomic mass is 10.2. The molecule has 2 aromatic carbocycles. The van der Waals surface area contributed by atoms with Gasteiger partial charge in [-0.15, -0.1) is 0 Å². The zero-order valence-corrected chi connectivity index (χ0v) is 14.4. The number of aryl methyl sites for hydroxylation is 1. The Morgan fingerprint density at radius 1 is 1.33 bits per heavy atom. The summed E-state index contributed by atoms with van der Waals surface area (Å²) in [4.78, 5) is 15.5. The van der Waals surface area contributed by atoms with E-state index in [1.54, 1.807) is 36.5 Å². The molecule has 1 N–H and O–H groups in total. The molecule has 0 aliphatic rings. The highest BCUT2D eigenvalue weighted by Crippen LogP contribution is 2.32. The second-order valence-corrected chi connectivity index (χ2v) is 5.60. The van der Waals surface area contributed by atoms with Gasteiger partial charge in [0.15, 0.2) is 17.6 Å². The third-order valence-electron chi connectivity index (χ3n) is 3.39. The Kier molecular flexibility index (Phi) is 5.82. The van der Waals surface area contributed by atoms with Crippen LogP contribution in [0.1, 0.15) is 18.1 Å². The van der Waals surface area contributed by atoms with Crippen LogP contribution in [0, 0.1) is 6.92 Å². The number of carboxylic acids is 1. The number of aliphatic imine (C=N–C) groups is 1. The van der Waals surface area contributed by atoms with Crippen LogP contribution < -0.4 is 9.47 Å². The Bertz CT molecular complexity index is 774. The van der Waals surface area contributed by atoms with Crippen LogP contribution in [0.25, 0.3) is 0 Å². The molecule has 6 heteroatoms. The average Bonchev–Trinajstić information content (AvgIpc) is 2.56. The number of para-hydroxylation sites is 1. The molecule has 0 aliphatic carbocycles. The van der Waals surface area contributed by atoms with Gasteiger partial charge in [0.25, 0.3) is 0 Å². The van der Waals surface area contributed by atoms with Crippen molar-refractivity contribution in [2.24, 2.45) is 4.99 Å². The summed E-state index contributed by atoms with van der Waals surface area (Å²) >= 11 is 6.00. The molecule has 126 valence electrons. The minimum atomic E-state index is -1.06. The van der Waals surface area contributed by atoms with Gasteiger partial charge in [-0.3, -0.25) is 4.99 Å². The first-order valence-electron chi connectivity index (χ1n) is 7.29. The normalized spacial score (nSPS) is 12.2. The summed E-state index contributed by atoms with van der Waals surface area (Å²) in [7, 11) is 1.50. The fourth-order valence-electron chi connectivity index (χ4n) is 2.01. The molecule has 0 aliphatic heterocycles. The van der Waals surface area contributed by atoms with Crippen LogP contribution in [-0.4, -0.2) is 30.5 Å². The molecule has 0 spiro atoms. The lowest BCUT2D eigenvalue weighted by molar-refractivity contribution is -0.144. The molecular formula is C18H18ClNO4. The smallest absolute Gasteiger partial charge is 0.344 e. The van der Waals surface area contributed by atoms with Gasteiger partial charge in [0.05, 0.1) is 12.8 Å². The standard InChI is InChI=1S/C18H18ClNO4/c1-11-7-8-14(19)9-15(11)20-10-13-5-4-6-16(23-3)17(13)24-12(2)18(21)22/h4-10,12H,1-3H3,(H,21,22)/t12-/m1/s1. The maximum atomic E-state index is 11.1. The molecule has 2 rings (SSSR count). The predicted octanol–water partition coefficient (Wildman–Crippen LogP) is 4.26. The zero-order chi connectivity index (χ0) is 17.7. The number of benzene rings is 2. The molecule has 5 nitrogen and oxygen atoms in total. The molecule has 0 saturated carbocycles. The Balaban J connectivity index is 2.40. The molecule has 0 bridgehead atoms. The minimum absolute atomic E-state index is 0.332. The van der Waals surface area contributed by atoms with E-state index in [-0.39, 0.29) is 0 Å². The van der Waals surface area contributed by atoms with Gasteiger partial charge in [0.1, 0.15) is 0 Å². The molecule has 0 amide bonds. The molecule has 0 saturated heterocycles. The number of carboxylic acid groups (broad SMARTS) is 1. The topological polar surface area (TPSA) is 68.1 Å². The Morgan fingerprint density at radius 3 is 2.75 bits per heavy atom. The lowest BCUT2D eigenvalue weighted by Crippen LogP contribution is -2.23. The number of carbonyl (C=O) groups is 1. The third kappa shape index (κ3) is 4.26. The second-order valence-electron chi connectivity index (χ2n) is 5.17. The fraction of sp³-hybridized carbons (Fsp3) is 0.222. The Labute approximate surface area is 145 Å². The SMILES string of the molecule is COc1cccc(C=Nc2cc(Cl)ccc2C)c1O[C@H](C)C(=O)O. The lowest BCUT2D eigenvalue weighted by Gasteiger charge is -2.15. The van der Waals surface area contributed by atoms with Crippen molar-refractivity contribution < 1.29 is 19.4 Å². The van der Waals surface area contributed by atoms with Crippen LogP contribution in [-0.2, 0) is 4.79 Å². The summed E-state index contributed by atoms with van der Waals surface area (Å²) in [6, 6.07) is 10.7. The van der Waals surface area contributed by atoms with Gasteiger partial charge in [-0.25, -0.2) is 4.79 Å². The number of hydrogen-bond acceptors (Lipinski definition) is 4. The number of hydrogen-bond donors (Lipinski definition) is 1. The van der Waals surface area contributed by atoms with Crippen LogP contribution in [0.2, 0.25) is 5.02 Å².